The fourth-order valence-corrected chi connectivity index (χ4v) is 3.49. The normalized spacial score (nSPS) is 10.5. The first-order chi connectivity index (χ1) is 14.8. The summed E-state index contributed by atoms with van der Waals surface area (Å²) in [5, 5.41) is 33.5. The Bertz CT molecular complexity index is 1120. The number of para-hydroxylation sites is 1. The minimum atomic E-state index is -0.788. The van der Waals surface area contributed by atoms with Gasteiger partial charge in [-0.25, -0.2) is 0 Å². The van der Waals surface area contributed by atoms with E-state index >= 15 is 0 Å². The van der Waals surface area contributed by atoms with E-state index in [4.69, 9.17) is 4.74 Å². The first-order valence-corrected chi connectivity index (χ1v) is 9.92. The molecule has 0 saturated carbocycles. The van der Waals surface area contributed by atoms with Crippen molar-refractivity contribution in [1.29, 1.82) is 0 Å². The van der Waals surface area contributed by atoms with Crippen molar-refractivity contribution in [2.45, 2.75) is 19.8 Å². The van der Waals surface area contributed by atoms with Gasteiger partial charge in [0.15, 0.2) is 0 Å². The van der Waals surface area contributed by atoms with Gasteiger partial charge in [0.05, 0.1) is 28.1 Å². The molecular formula is C19H17N5O6S. The minimum absolute atomic E-state index is 0.0240. The van der Waals surface area contributed by atoms with Gasteiger partial charge in [-0.1, -0.05) is 29.5 Å². The Hall–Kier alpha value is -3.93. The second-order valence-corrected chi connectivity index (χ2v) is 7.43. The zero-order valence-electron chi connectivity index (χ0n) is 16.3. The van der Waals surface area contributed by atoms with E-state index < -0.39 is 27.1 Å². The van der Waals surface area contributed by atoms with E-state index in [-0.39, 0.29) is 16.3 Å². The Balaban J connectivity index is 1.63. The lowest BCUT2D eigenvalue weighted by Crippen LogP contribution is -2.14. The average molecular weight is 443 g/mol. The Morgan fingerprint density at radius 2 is 1.87 bits per heavy atom. The lowest BCUT2D eigenvalue weighted by Gasteiger charge is -2.06. The highest BCUT2D eigenvalue weighted by atomic mass is 32.1. The van der Waals surface area contributed by atoms with Gasteiger partial charge >= 0.3 is 0 Å². The van der Waals surface area contributed by atoms with Crippen LogP contribution in [0.4, 0.5) is 16.5 Å². The number of hydrogen-bond acceptors (Lipinski definition) is 9. The molecule has 0 fully saturated rings. The third-order valence-corrected chi connectivity index (χ3v) is 5.15. The van der Waals surface area contributed by atoms with Crippen molar-refractivity contribution in [2.24, 2.45) is 0 Å². The van der Waals surface area contributed by atoms with E-state index in [1.165, 1.54) is 6.92 Å². The number of nitrogens with zero attached hydrogens (tertiary/aromatic N) is 4. The molecule has 0 bridgehead atoms. The smallest absolute Gasteiger partial charge is 0.279 e. The van der Waals surface area contributed by atoms with Crippen LogP contribution in [0.3, 0.4) is 0 Å². The number of nitrogens with one attached hydrogen (secondary N) is 1. The van der Waals surface area contributed by atoms with Crippen molar-refractivity contribution < 1.29 is 19.4 Å². The number of ether oxygens (including phenoxy) is 1. The largest absolute Gasteiger partial charge is 0.494 e. The summed E-state index contributed by atoms with van der Waals surface area (Å²) in [6, 6.07) is 11.2. The van der Waals surface area contributed by atoms with Crippen molar-refractivity contribution >= 4 is 33.8 Å². The van der Waals surface area contributed by atoms with Crippen molar-refractivity contribution in [3.63, 3.8) is 0 Å². The third kappa shape index (κ3) is 5.57. The van der Waals surface area contributed by atoms with E-state index in [2.05, 4.69) is 15.5 Å². The predicted molar refractivity (Wildman–Crippen MR) is 113 cm³/mol. The molecule has 12 heteroatoms. The zero-order chi connectivity index (χ0) is 22.4. The van der Waals surface area contributed by atoms with Crippen LogP contribution in [0.5, 0.6) is 5.75 Å². The summed E-state index contributed by atoms with van der Waals surface area (Å²) in [5.41, 5.74) is -1.20. The molecule has 0 unspecified atom stereocenters. The lowest BCUT2D eigenvalue weighted by atomic mass is 10.0. The molecule has 1 N–H and O–H groups in total. The number of rotatable bonds is 9. The van der Waals surface area contributed by atoms with Crippen LogP contribution < -0.4 is 10.1 Å². The van der Waals surface area contributed by atoms with Gasteiger partial charge < -0.3 is 4.74 Å². The van der Waals surface area contributed by atoms with Crippen LogP contribution >= 0.6 is 11.3 Å². The number of amides is 1. The Morgan fingerprint density at radius 1 is 1.13 bits per heavy atom. The number of hydrogen-bond donors (Lipinski definition) is 1. The minimum Gasteiger partial charge on any atom is -0.494 e. The molecule has 11 nitrogen and oxygen atoms in total. The van der Waals surface area contributed by atoms with Crippen LogP contribution in [0.25, 0.3) is 0 Å². The number of non-ortho nitro benzene ring substituents is 1. The van der Waals surface area contributed by atoms with Gasteiger partial charge in [0.1, 0.15) is 10.8 Å². The van der Waals surface area contributed by atoms with Gasteiger partial charge in [-0.2, -0.15) is 0 Å². The Labute approximate surface area is 180 Å². The van der Waals surface area contributed by atoms with Crippen molar-refractivity contribution in [1.82, 2.24) is 10.2 Å². The van der Waals surface area contributed by atoms with Gasteiger partial charge in [0, 0.05) is 18.1 Å². The molecule has 0 saturated heterocycles. The van der Waals surface area contributed by atoms with Crippen LogP contribution in [0.15, 0.2) is 42.5 Å². The monoisotopic (exact) mass is 443 g/mol. The molecule has 0 aliphatic carbocycles. The molecule has 1 aromatic heterocycles. The molecular weight excluding hydrogens is 426 g/mol. The molecule has 1 heterocycles. The number of nitro benzene ring substituents is 2. The summed E-state index contributed by atoms with van der Waals surface area (Å²) < 4.78 is 5.61. The number of carbonyl (C=O) groups is 1. The molecule has 31 heavy (non-hydrogen) atoms. The number of aryl methyl sites for hydroxylation is 1. The highest BCUT2D eigenvalue weighted by Crippen LogP contribution is 2.29. The fraction of sp³-hybridized carbons (Fsp3) is 0.211. The van der Waals surface area contributed by atoms with Crippen LogP contribution in [0.1, 0.15) is 27.3 Å². The van der Waals surface area contributed by atoms with Gasteiger partial charge in [-0.3, -0.25) is 30.3 Å². The van der Waals surface area contributed by atoms with Gasteiger partial charge in [-0.15, -0.1) is 10.2 Å². The maximum atomic E-state index is 12.6. The number of anilines is 1. The SMILES string of the molecule is Cc1c(C(=O)Nc2nnc(CCCOc3ccccc3)s2)cc([N+](=O)[O-])cc1[N+](=O)[O-]. The first kappa shape index (κ1) is 21.8. The highest BCUT2D eigenvalue weighted by molar-refractivity contribution is 7.15. The number of carbonyl (C=O) groups excluding carboxylic acids is 1. The predicted octanol–water partition coefficient (Wildman–Crippen LogP) is 3.93. The third-order valence-electron chi connectivity index (χ3n) is 4.25. The average Bonchev–Trinajstić information content (AvgIpc) is 3.18. The summed E-state index contributed by atoms with van der Waals surface area (Å²) in [7, 11) is 0. The summed E-state index contributed by atoms with van der Waals surface area (Å²) in [6.45, 7) is 1.84. The number of benzene rings is 2. The topological polar surface area (TPSA) is 150 Å². The highest BCUT2D eigenvalue weighted by Gasteiger charge is 2.25. The van der Waals surface area contributed by atoms with Crippen molar-refractivity contribution in [3.05, 3.63) is 78.8 Å². The molecule has 1 amide bonds. The molecule has 0 radical (unpaired) electrons. The second-order valence-electron chi connectivity index (χ2n) is 6.37. The summed E-state index contributed by atoms with van der Waals surface area (Å²) in [5.74, 6) is 0.0357. The Kier molecular flexibility index (Phi) is 6.82. The van der Waals surface area contributed by atoms with Crippen molar-refractivity contribution in [3.8, 4) is 5.75 Å². The molecule has 3 rings (SSSR count). The summed E-state index contributed by atoms with van der Waals surface area (Å²) >= 11 is 1.15. The molecule has 160 valence electrons. The zero-order valence-corrected chi connectivity index (χ0v) is 17.1. The quantitative estimate of drug-likeness (QED) is 0.297. The maximum Gasteiger partial charge on any atom is 0.279 e. The van der Waals surface area contributed by atoms with E-state index in [1.54, 1.807) is 0 Å². The van der Waals surface area contributed by atoms with E-state index in [1.807, 2.05) is 30.3 Å². The number of nitro groups is 2. The number of aromatic nitrogens is 2. The van der Waals surface area contributed by atoms with Gasteiger partial charge in [0.2, 0.25) is 5.13 Å². The summed E-state index contributed by atoms with van der Waals surface area (Å²) in [4.78, 5) is 33.3. The lowest BCUT2D eigenvalue weighted by molar-refractivity contribution is -0.394. The Morgan fingerprint density at radius 3 is 2.55 bits per heavy atom. The van der Waals surface area contributed by atoms with Gasteiger partial charge in [-0.05, 0) is 25.5 Å². The van der Waals surface area contributed by atoms with Gasteiger partial charge in [0.25, 0.3) is 17.3 Å². The molecule has 2 aromatic carbocycles. The molecule has 0 aliphatic rings. The first-order valence-electron chi connectivity index (χ1n) is 9.10. The van der Waals surface area contributed by atoms with Crippen molar-refractivity contribution in [2.75, 3.05) is 11.9 Å². The van der Waals surface area contributed by atoms with Crippen LogP contribution in [0.2, 0.25) is 0 Å². The molecule has 3 aromatic rings. The fourth-order valence-electron chi connectivity index (χ4n) is 2.71. The van der Waals surface area contributed by atoms with Crippen LogP contribution in [-0.2, 0) is 6.42 Å². The standard InChI is InChI=1S/C19H17N5O6S/c1-12-15(10-13(23(26)27)11-16(12)24(28)29)18(25)20-19-22-21-17(31-19)8-5-9-30-14-6-3-2-4-7-14/h2-4,6-7,10-11H,5,8-9H2,1H3,(H,20,22,25). The molecule has 0 aliphatic heterocycles. The molecule has 0 spiro atoms. The second kappa shape index (κ2) is 9.71. The molecule has 0 atom stereocenters. The van der Waals surface area contributed by atoms with E-state index in [9.17, 15) is 25.0 Å². The van der Waals surface area contributed by atoms with Crippen LogP contribution in [0, 0.1) is 27.2 Å². The van der Waals surface area contributed by atoms with E-state index in [0.29, 0.717) is 24.5 Å². The van der Waals surface area contributed by atoms with E-state index in [0.717, 1.165) is 29.2 Å². The van der Waals surface area contributed by atoms with Crippen LogP contribution in [-0.4, -0.2) is 32.6 Å². The maximum absolute atomic E-state index is 12.6. The summed E-state index contributed by atoms with van der Waals surface area (Å²) in [6.07, 6.45) is 1.27.